The SMILES string of the molecule is Cc1nnc2n1CC(C(=O)O)N(Cc1cc(O)ccc1Br)C2. The van der Waals surface area contributed by atoms with Crippen molar-refractivity contribution in [2.45, 2.75) is 32.6 Å². The highest BCUT2D eigenvalue weighted by Crippen LogP contribution is 2.26. The van der Waals surface area contributed by atoms with Gasteiger partial charge in [0, 0.05) is 11.0 Å². The molecule has 8 heteroatoms. The van der Waals surface area contributed by atoms with Gasteiger partial charge < -0.3 is 14.8 Å². The van der Waals surface area contributed by atoms with E-state index in [-0.39, 0.29) is 5.75 Å². The van der Waals surface area contributed by atoms with Crippen LogP contribution in [0, 0.1) is 6.92 Å². The van der Waals surface area contributed by atoms with E-state index in [2.05, 4.69) is 26.1 Å². The molecule has 7 nitrogen and oxygen atoms in total. The van der Waals surface area contributed by atoms with E-state index in [1.165, 1.54) is 0 Å². The summed E-state index contributed by atoms with van der Waals surface area (Å²) < 4.78 is 2.67. The molecule has 0 aliphatic carbocycles. The molecule has 116 valence electrons. The molecule has 2 N–H and O–H groups in total. The summed E-state index contributed by atoms with van der Waals surface area (Å²) in [5.74, 6) is 0.752. The molecular weight excluding hydrogens is 352 g/mol. The van der Waals surface area contributed by atoms with Gasteiger partial charge in [0.05, 0.1) is 13.1 Å². The number of rotatable bonds is 3. The first kappa shape index (κ1) is 15.0. The summed E-state index contributed by atoms with van der Waals surface area (Å²) in [7, 11) is 0. The van der Waals surface area contributed by atoms with Crippen LogP contribution < -0.4 is 0 Å². The fourth-order valence-corrected chi connectivity index (χ4v) is 3.03. The highest BCUT2D eigenvalue weighted by molar-refractivity contribution is 9.10. The number of aromatic nitrogens is 3. The molecular formula is C14H15BrN4O3. The topological polar surface area (TPSA) is 91.5 Å². The molecule has 1 aromatic heterocycles. The van der Waals surface area contributed by atoms with Crippen LogP contribution in [0.2, 0.25) is 0 Å². The largest absolute Gasteiger partial charge is 0.508 e. The predicted molar refractivity (Wildman–Crippen MR) is 81.2 cm³/mol. The van der Waals surface area contributed by atoms with E-state index in [0.29, 0.717) is 19.6 Å². The number of carboxylic acids is 1. The number of hydrogen-bond donors (Lipinski definition) is 2. The van der Waals surface area contributed by atoms with Gasteiger partial charge in [-0.25, -0.2) is 0 Å². The molecule has 22 heavy (non-hydrogen) atoms. The molecule has 0 saturated carbocycles. The third kappa shape index (κ3) is 2.71. The molecule has 1 aliphatic rings. The van der Waals surface area contributed by atoms with E-state index in [0.717, 1.165) is 21.7 Å². The minimum absolute atomic E-state index is 0.154. The Morgan fingerprint density at radius 2 is 2.23 bits per heavy atom. The minimum Gasteiger partial charge on any atom is -0.508 e. The number of aliphatic carboxylic acids is 1. The van der Waals surface area contributed by atoms with Gasteiger partial charge >= 0.3 is 5.97 Å². The monoisotopic (exact) mass is 366 g/mol. The fourth-order valence-electron chi connectivity index (χ4n) is 2.66. The number of phenols is 1. The summed E-state index contributed by atoms with van der Waals surface area (Å²) in [4.78, 5) is 13.4. The summed E-state index contributed by atoms with van der Waals surface area (Å²) in [6.45, 7) is 2.94. The quantitative estimate of drug-likeness (QED) is 0.855. The van der Waals surface area contributed by atoms with Gasteiger partial charge in [0.2, 0.25) is 0 Å². The molecule has 0 amide bonds. The van der Waals surface area contributed by atoms with Crippen molar-refractivity contribution in [1.82, 2.24) is 19.7 Å². The smallest absolute Gasteiger partial charge is 0.322 e. The minimum atomic E-state index is -0.880. The van der Waals surface area contributed by atoms with Crippen LogP contribution in [0.15, 0.2) is 22.7 Å². The fraction of sp³-hybridized carbons (Fsp3) is 0.357. The van der Waals surface area contributed by atoms with Crippen molar-refractivity contribution in [1.29, 1.82) is 0 Å². The van der Waals surface area contributed by atoms with Crippen LogP contribution in [0.4, 0.5) is 0 Å². The number of phenolic OH excluding ortho intramolecular Hbond substituents is 1. The molecule has 1 atom stereocenters. The van der Waals surface area contributed by atoms with Crippen LogP contribution in [-0.2, 0) is 24.4 Å². The Labute approximate surface area is 135 Å². The predicted octanol–water partition coefficient (Wildman–Crippen LogP) is 1.52. The number of aromatic hydroxyl groups is 1. The molecule has 0 radical (unpaired) electrons. The molecule has 0 saturated heterocycles. The first-order valence-corrected chi connectivity index (χ1v) is 7.58. The van der Waals surface area contributed by atoms with Crippen LogP contribution >= 0.6 is 15.9 Å². The van der Waals surface area contributed by atoms with Crippen LogP contribution in [0.3, 0.4) is 0 Å². The van der Waals surface area contributed by atoms with Gasteiger partial charge in [0.1, 0.15) is 23.4 Å². The van der Waals surface area contributed by atoms with Crippen molar-refractivity contribution in [3.63, 3.8) is 0 Å². The van der Waals surface area contributed by atoms with Gasteiger partial charge in [-0.05, 0) is 30.7 Å². The summed E-state index contributed by atoms with van der Waals surface area (Å²) in [5.41, 5.74) is 0.830. The number of halogens is 1. The zero-order valence-electron chi connectivity index (χ0n) is 11.9. The first-order valence-electron chi connectivity index (χ1n) is 6.78. The third-order valence-corrected chi connectivity index (χ3v) is 4.61. The summed E-state index contributed by atoms with van der Waals surface area (Å²) in [6, 6.07) is 4.31. The van der Waals surface area contributed by atoms with Crippen LogP contribution in [0.5, 0.6) is 5.75 Å². The Balaban J connectivity index is 1.91. The summed E-state index contributed by atoms with van der Waals surface area (Å²) in [5, 5.41) is 27.2. The zero-order chi connectivity index (χ0) is 15.9. The molecule has 1 unspecified atom stereocenters. The maximum atomic E-state index is 11.6. The normalized spacial score (nSPS) is 18.2. The van der Waals surface area contributed by atoms with Crippen molar-refractivity contribution in [2.24, 2.45) is 0 Å². The average molecular weight is 367 g/mol. The third-order valence-electron chi connectivity index (χ3n) is 3.84. The van der Waals surface area contributed by atoms with Gasteiger partial charge in [-0.15, -0.1) is 10.2 Å². The maximum Gasteiger partial charge on any atom is 0.322 e. The second kappa shape index (κ2) is 5.69. The lowest BCUT2D eigenvalue weighted by Gasteiger charge is -2.33. The lowest BCUT2D eigenvalue weighted by Crippen LogP contribution is -2.47. The molecule has 3 rings (SSSR count). The second-order valence-corrected chi connectivity index (χ2v) is 6.16. The van der Waals surface area contributed by atoms with Crippen molar-refractivity contribution >= 4 is 21.9 Å². The first-order chi connectivity index (χ1) is 10.5. The highest BCUT2D eigenvalue weighted by Gasteiger charge is 2.33. The standard InChI is InChI=1S/C14H15BrN4O3/c1-8-16-17-13-7-18(12(14(21)22)6-19(8)13)5-9-4-10(20)2-3-11(9)15/h2-4,12,20H,5-7H2,1H3,(H,21,22). The lowest BCUT2D eigenvalue weighted by molar-refractivity contribution is -0.145. The number of carboxylic acid groups (broad SMARTS) is 1. The van der Waals surface area contributed by atoms with Crippen LogP contribution in [-0.4, -0.2) is 41.9 Å². The van der Waals surface area contributed by atoms with Gasteiger partial charge in [-0.2, -0.15) is 0 Å². The maximum absolute atomic E-state index is 11.6. The zero-order valence-corrected chi connectivity index (χ0v) is 13.5. The van der Waals surface area contributed by atoms with E-state index >= 15 is 0 Å². The van der Waals surface area contributed by atoms with Crippen molar-refractivity contribution in [3.8, 4) is 5.75 Å². The molecule has 1 aliphatic heterocycles. The number of carbonyl (C=O) groups is 1. The number of hydrogen-bond acceptors (Lipinski definition) is 5. The molecule has 2 aromatic rings. The number of fused-ring (bicyclic) bond motifs is 1. The van der Waals surface area contributed by atoms with E-state index in [4.69, 9.17) is 0 Å². The summed E-state index contributed by atoms with van der Waals surface area (Å²) in [6.07, 6.45) is 0. The Morgan fingerprint density at radius 3 is 2.95 bits per heavy atom. The van der Waals surface area contributed by atoms with E-state index in [9.17, 15) is 15.0 Å². The van der Waals surface area contributed by atoms with Gasteiger partial charge in [0.15, 0.2) is 0 Å². The molecule has 2 heterocycles. The van der Waals surface area contributed by atoms with Crippen molar-refractivity contribution < 1.29 is 15.0 Å². The summed E-state index contributed by atoms with van der Waals surface area (Å²) >= 11 is 3.43. The Morgan fingerprint density at radius 1 is 1.45 bits per heavy atom. The lowest BCUT2D eigenvalue weighted by atomic mass is 10.1. The molecule has 0 spiro atoms. The van der Waals surface area contributed by atoms with Crippen LogP contribution in [0.25, 0.3) is 0 Å². The number of aryl methyl sites for hydroxylation is 1. The molecule has 0 bridgehead atoms. The van der Waals surface area contributed by atoms with Gasteiger partial charge in [0.25, 0.3) is 0 Å². The Hall–Kier alpha value is -1.93. The Kier molecular flexibility index (Phi) is 3.88. The van der Waals surface area contributed by atoms with Gasteiger partial charge in [-0.1, -0.05) is 15.9 Å². The van der Waals surface area contributed by atoms with E-state index in [1.54, 1.807) is 18.2 Å². The highest BCUT2D eigenvalue weighted by atomic mass is 79.9. The van der Waals surface area contributed by atoms with E-state index in [1.807, 2.05) is 16.4 Å². The van der Waals surface area contributed by atoms with Gasteiger partial charge in [-0.3, -0.25) is 9.69 Å². The van der Waals surface area contributed by atoms with E-state index < -0.39 is 12.0 Å². The molecule has 0 fully saturated rings. The van der Waals surface area contributed by atoms with Crippen molar-refractivity contribution in [2.75, 3.05) is 0 Å². The number of nitrogens with zero attached hydrogens (tertiary/aromatic N) is 4. The average Bonchev–Trinajstić information content (AvgIpc) is 2.83. The second-order valence-electron chi connectivity index (χ2n) is 5.31. The van der Waals surface area contributed by atoms with Crippen molar-refractivity contribution in [3.05, 3.63) is 39.9 Å². The molecule has 1 aromatic carbocycles. The van der Waals surface area contributed by atoms with Crippen LogP contribution in [0.1, 0.15) is 17.2 Å². The Bertz CT molecular complexity index is 731. The number of benzene rings is 1.